The van der Waals surface area contributed by atoms with Crippen LogP contribution in [-0.4, -0.2) is 11.0 Å². The number of halogens is 1. The quantitative estimate of drug-likeness (QED) is 0.481. The summed E-state index contributed by atoms with van der Waals surface area (Å²) in [6.45, 7) is 6.19. The van der Waals surface area contributed by atoms with Crippen molar-refractivity contribution < 1.29 is 4.92 Å². The highest BCUT2D eigenvalue weighted by atomic mass is 35.5. The molecule has 0 aliphatic rings. The van der Waals surface area contributed by atoms with E-state index in [1.165, 1.54) is 12.1 Å². The van der Waals surface area contributed by atoms with E-state index in [9.17, 15) is 10.1 Å². The van der Waals surface area contributed by atoms with Crippen molar-refractivity contribution in [3.05, 3.63) is 51.6 Å². The molecule has 5 heteroatoms. The second-order valence-corrected chi connectivity index (χ2v) is 4.25. The van der Waals surface area contributed by atoms with Crippen molar-refractivity contribution in [3.63, 3.8) is 0 Å². The molecule has 0 spiro atoms. The van der Waals surface area contributed by atoms with E-state index in [1.54, 1.807) is 6.07 Å². The summed E-state index contributed by atoms with van der Waals surface area (Å²) in [7, 11) is 0. The van der Waals surface area contributed by atoms with Crippen LogP contribution in [0.1, 0.15) is 18.9 Å². The van der Waals surface area contributed by atoms with Crippen molar-refractivity contribution in [1.82, 2.24) is 5.32 Å². The second kappa shape index (κ2) is 6.37. The highest BCUT2D eigenvalue weighted by Gasteiger charge is 2.10. The lowest BCUT2D eigenvalue weighted by molar-refractivity contribution is -0.384. The minimum Gasteiger partial charge on any atom is -0.310 e. The Labute approximate surface area is 105 Å². The molecule has 0 amide bonds. The van der Waals surface area contributed by atoms with Crippen molar-refractivity contribution in [2.75, 3.05) is 0 Å². The van der Waals surface area contributed by atoms with Gasteiger partial charge >= 0.3 is 0 Å². The average Bonchev–Trinajstić information content (AvgIpc) is 2.28. The number of hydrogen-bond donors (Lipinski definition) is 1. The van der Waals surface area contributed by atoms with Crippen LogP contribution in [0.3, 0.4) is 0 Å². The van der Waals surface area contributed by atoms with Crippen LogP contribution in [0.4, 0.5) is 5.69 Å². The van der Waals surface area contributed by atoms with Crippen LogP contribution in [0.25, 0.3) is 0 Å². The third kappa shape index (κ3) is 4.17. The Kier molecular flexibility index (Phi) is 5.12. The molecule has 17 heavy (non-hydrogen) atoms. The van der Waals surface area contributed by atoms with Gasteiger partial charge < -0.3 is 5.32 Å². The maximum absolute atomic E-state index is 10.6. The molecule has 1 rings (SSSR count). The van der Waals surface area contributed by atoms with E-state index in [0.29, 0.717) is 11.6 Å². The molecule has 1 N–H and O–H groups in total. The predicted molar refractivity (Wildman–Crippen MR) is 69.2 cm³/mol. The number of nitrogens with one attached hydrogen (secondary N) is 1. The van der Waals surface area contributed by atoms with E-state index in [0.717, 1.165) is 12.0 Å². The van der Waals surface area contributed by atoms with Gasteiger partial charge in [0.05, 0.1) is 4.92 Å². The highest BCUT2D eigenvalue weighted by molar-refractivity contribution is 6.31. The third-order valence-electron chi connectivity index (χ3n) is 2.40. The fourth-order valence-corrected chi connectivity index (χ4v) is 1.61. The summed E-state index contributed by atoms with van der Waals surface area (Å²) in [5.41, 5.74) is 0.791. The van der Waals surface area contributed by atoms with E-state index >= 15 is 0 Å². The molecule has 1 aromatic carbocycles. The Bertz CT molecular complexity index is 421. The van der Waals surface area contributed by atoms with E-state index < -0.39 is 4.92 Å². The number of non-ortho nitro benzene ring substituents is 1. The molecule has 1 unspecified atom stereocenters. The normalized spacial score (nSPS) is 12.1. The molecule has 0 heterocycles. The van der Waals surface area contributed by atoms with Gasteiger partial charge in [-0.05, 0) is 25.0 Å². The molecular formula is C12H15ClN2O2. The van der Waals surface area contributed by atoms with E-state index in [2.05, 4.69) is 11.9 Å². The maximum atomic E-state index is 10.6. The van der Waals surface area contributed by atoms with Gasteiger partial charge in [-0.3, -0.25) is 10.1 Å². The van der Waals surface area contributed by atoms with E-state index in [4.69, 9.17) is 11.6 Å². The molecule has 0 radical (unpaired) electrons. The van der Waals surface area contributed by atoms with Gasteiger partial charge in [-0.25, -0.2) is 0 Å². The number of nitro groups is 1. The zero-order chi connectivity index (χ0) is 12.8. The lowest BCUT2D eigenvalue weighted by atomic mass is 10.1. The summed E-state index contributed by atoms with van der Waals surface area (Å²) in [5.74, 6) is 0. The summed E-state index contributed by atoms with van der Waals surface area (Å²) >= 11 is 5.98. The first-order valence-corrected chi connectivity index (χ1v) is 5.69. The van der Waals surface area contributed by atoms with Crippen molar-refractivity contribution in [2.24, 2.45) is 0 Å². The van der Waals surface area contributed by atoms with Crippen LogP contribution < -0.4 is 5.32 Å². The molecule has 0 saturated heterocycles. The second-order valence-electron chi connectivity index (χ2n) is 3.84. The smallest absolute Gasteiger partial charge is 0.269 e. The van der Waals surface area contributed by atoms with Gasteiger partial charge in [0.1, 0.15) is 0 Å². The lowest BCUT2D eigenvalue weighted by Gasteiger charge is -2.12. The van der Waals surface area contributed by atoms with Crippen LogP contribution >= 0.6 is 11.6 Å². The van der Waals surface area contributed by atoms with Crippen LogP contribution in [0.2, 0.25) is 5.02 Å². The molecule has 0 aromatic heterocycles. The Morgan fingerprint density at radius 1 is 1.65 bits per heavy atom. The first-order valence-electron chi connectivity index (χ1n) is 5.31. The van der Waals surface area contributed by atoms with Gasteiger partial charge in [0.15, 0.2) is 0 Å². The topological polar surface area (TPSA) is 55.2 Å². The van der Waals surface area contributed by atoms with Crippen LogP contribution in [0.5, 0.6) is 0 Å². The van der Waals surface area contributed by atoms with Gasteiger partial charge in [0.25, 0.3) is 5.69 Å². The summed E-state index contributed by atoms with van der Waals surface area (Å²) < 4.78 is 0. The fourth-order valence-electron chi connectivity index (χ4n) is 1.43. The van der Waals surface area contributed by atoms with Crippen molar-refractivity contribution in [1.29, 1.82) is 0 Å². The Morgan fingerprint density at radius 3 is 2.94 bits per heavy atom. The summed E-state index contributed by atoms with van der Waals surface area (Å²) in [5, 5.41) is 14.4. The Balaban J connectivity index is 2.72. The molecule has 92 valence electrons. The zero-order valence-electron chi connectivity index (χ0n) is 9.65. The minimum absolute atomic E-state index is 0.0579. The first-order chi connectivity index (χ1) is 8.04. The van der Waals surface area contributed by atoms with Crippen LogP contribution in [0.15, 0.2) is 30.9 Å². The molecule has 0 bridgehead atoms. The molecule has 0 aliphatic carbocycles. The number of benzene rings is 1. The molecule has 0 saturated carbocycles. The van der Waals surface area contributed by atoms with Gasteiger partial charge in [-0.1, -0.05) is 17.7 Å². The molecular weight excluding hydrogens is 240 g/mol. The first kappa shape index (κ1) is 13.7. The summed E-state index contributed by atoms with van der Waals surface area (Å²) in [6.07, 6.45) is 2.67. The van der Waals surface area contributed by atoms with Crippen LogP contribution in [-0.2, 0) is 6.54 Å². The maximum Gasteiger partial charge on any atom is 0.269 e. The molecule has 1 atom stereocenters. The number of hydrogen-bond acceptors (Lipinski definition) is 3. The van der Waals surface area contributed by atoms with Gasteiger partial charge in [-0.2, -0.15) is 0 Å². The van der Waals surface area contributed by atoms with Gasteiger partial charge in [0.2, 0.25) is 0 Å². The monoisotopic (exact) mass is 254 g/mol. The number of nitro benzene ring substituents is 1. The largest absolute Gasteiger partial charge is 0.310 e. The fraction of sp³-hybridized carbons (Fsp3) is 0.333. The molecule has 0 fully saturated rings. The van der Waals surface area contributed by atoms with Crippen molar-refractivity contribution >= 4 is 17.3 Å². The van der Waals surface area contributed by atoms with Crippen molar-refractivity contribution in [3.8, 4) is 0 Å². The van der Waals surface area contributed by atoms with Gasteiger partial charge in [-0.15, -0.1) is 6.58 Å². The minimum atomic E-state index is -0.424. The van der Waals surface area contributed by atoms with Crippen LogP contribution in [0, 0.1) is 10.1 Å². The van der Waals surface area contributed by atoms with Crippen molar-refractivity contribution in [2.45, 2.75) is 25.9 Å². The molecule has 0 aliphatic heterocycles. The summed E-state index contributed by atoms with van der Waals surface area (Å²) in [4.78, 5) is 10.2. The Morgan fingerprint density at radius 2 is 2.35 bits per heavy atom. The standard InChI is InChI=1S/C12H15ClN2O2/c1-3-4-9(2)14-8-10-7-11(15(16)17)5-6-12(10)13/h3,5-7,9,14H,1,4,8H2,2H3. The van der Waals surface area contributed by atoms with E-state index in [1.807, 2.05) is 13.0 Å². The SMILES string of the molecule is C=CCC(C)NCc1cc([N+](=O)[O-])ccc1Cl. The molecule has 4 nitrogen and oxygen atoms in total. The summed E-state index contributed by atoms with van der Waals surface area (Å²) in [6, 6.07) is 4.71. The Hall–Kier alpha value is -1.39. The lowest BCUT2D eigenvalue weighted by Crippen LogP contribution is -2.24. The third-order valence-corrected chi connectivity index (χ3v) is 2.77. The van der Waals surface area contributed by atoms with Gasteiger partial charge in [0, 0.05) is 29.7 Å². The zero-order valence-corrected chi connectivity index (χ0v) is 10.4. The highest BCUT2D eigenvalue weighted by Crippen LogP contribution is 2.21. The van der Waals surface area contributed by atoms with E-state index in [-0.39, 0.29) is 11.7 Å². The average molecular weight is 255 g/mol. The molecule has 1 aromatic rings. The number of nitrogens with zero attached hydrogens (tertiary/aromatic N) is 1. The predicted octanol–water partition coefficient (Wildman–Crippen LogP) is 3.30. The number of rotatable bonds is 6.